The molecular weight excluding hydrogens is 346 g/mol. The number of carbonyl (C=O) groups is 2. The van der Waals surface area contributed by atoms with Gasteiger partial charge in [0.15, 0.2) is 12.3 Å². The zero-order chi connectivity index (χ0) is 19.1. The first-order valence-corrected chi connectivity index (χ1v) is 7.97. The second kappa shape index (κ2) is 9.32. The summed E-state index contributed by atoms with van der Waals surface area (Å²) in [5, 5.41) is 20.3. The monoisotopic (exact) mass is 366 g/mol. The second-order valence-corrected chi connectivity index (χ2v) is 5.69. The number of likely N-dealkylation sites (tertiary alicyclic amines) is 1. The van der Waals surface area contributed by atoms with Crippen LogP contribution >= 0.6 is 0 Å². The number of amides is 2. The number of nitrogens with zero attached hydrogens (tertiary/aromatic N) is 1. The number of nitrogens with one attached hydrogen (secondary N) is 1. The normalized spacial score (nSPS) is 20.3. The Hall–Kier alpha value is -2.43. The van der Waals surface area contributed by atoms with Gasteiger partial charge in [-0.2, -0.15) is 0 Å². The summed E-state index contributed by atoms with van der Waals surface area (Å²) in [6, 6.07) is 8.88. The molecule has 0 spiro atoms. The largest absolute Gasteiger partial charge is 0.635 e. The number of alkyl halides is 1. The Bertz CT molecular complexity index is 632. The van der Waals surface area contributed by atoms with Crippen LogP contribution < -0.4 is 5.32 Å². The summed E-state index contributed by atoms with van der Waals surface area (Å²) in [7, 11) is -2.11. The molecule has 26 heavy (non-hydrogen) atoms. The van der Waals surface area contributed by atoms with E-state index in [-0.39, 0.29) is 19.5 Å². The van der Waals surface area contributed by atoms with Gasteiger partial charge >= 0.3 is 13.4 Å². The maximum Gasteiger partial charge on any atom is 0.635 e. The number of hydrogen-bond acceptors (Lipinski definition) is 6. The van der Waals surface area contributed by atoms with E-state index in [2.05, 4.69) is 11.9 Å². The van der Waals surface area contributed by atoms with Crippen molar-refractivity contribution >= 4 is 19.3 Å². The first kappa shape index (κ1) is 19.9. The van der Waals surface area contributed by atoms with Crippen LogP contribution in [0.1, 0.15) is 5.56 Å². The predicted octanol–water partition coefficient (Wildman–Crippen LogP) is 0.00240. The van der Waals surface area contributed by atoms with Crippen molar-refractivity contribution in [3.63, 3.8) is 0 Å². The van der Waals surface area contributed by atoms with Crippen molar-refractivity contribution in [1.82, 2.24) is 10.2 Å². The molecule has 3 N–H and O–H groups in total. The fourth-order valence-electron chi connectivity index (χ4n) is 2.57. The molecule has 1 aromatic rings. The minimum Gasteiger partial charge on any atom is -0.441 e. The summed E-state index contributed by atoms with van der Waals surface area (Å²) in [6.45, 7) is 3.04. The number of alkyl carbamates (subject to hydrolysis) is 1. The molecule has 8 nitrogen and oxygen atoms in total. The van der Waals surface area contributed by atoms with Crippen LogP contribution in [0, 0.1) is 0 Å². The fraction of sp³-hybridized carbons (Fsp3) is 0.375. The molecule has 1 fully saturated rings. The smallest absolute Gasteiger partial charge is 0.441 e. The van der Waals surface area contributed by atoms with E-state index in [1.165, 1.54) is 4.90 Å². The molecule has 2 rings (SSSR count). The Kier molecular flexibility index (Phi) is 7.13. The molecule has 1 heterocycles. The lowest BCUT2D eigenvalue weighted by molar-refractivity contribution is -0.125. The van der Waals surface area contributed by atoms with E-state index in [0.717, 1.165) is 11.6 Å². The molecule has 1 aromatic carbocycles. The van der Waals surface area contributed by atoms with Crippen LogP contribution in [0.3, 0.4) is 0 Å². The molecule has 1 saturated heterocycles. The highest BCUT2D eigenvalue weighted by atomic mass is 19.1. The third-order valence-electron chi connectivity index (χ3n) is 3.77. The van der Waals surface area contributed by atoms with Gasteiger partial charge < -0.3 is 24.3 Å². The summed E-state index contributed by atoms with van der Waals surface area (Å²) in [5.74, 6) is -0.451. The van der Waals surface area contributed by atoms with Gasteiger partial charge in [-0.1, -0.05) is 36.9 Å². The fourth-order valence-corrected chi connectivity index (χ4v) is 2.57. The molecule has 2 amide bonds. The molecule has 10 heteroatoms. The van der Waals surface area contributed by atoms with Crippen LogP contribution in [0.2, 0.25) is 0 Å². The minimum atomic E-state index is -2.11. The van der Waals surface area contributed by atoms with Gasteiger partial charge in [0.05, 0.1) is 13.1 Å². The molecule has 140 valence electrons. The van der Waals surface area contributed by atoms with Crippen molar-refractivity contribution in [1.29, 1.82) is 0 Å². The summed E-state index contributed by atoms with van der Waals surface area (Å²) in [6.07, 6.45) is -3.56. The topological polar surface area (TPSA) is 108 Å². The Morgan fingerprint density at radius 3 is 2.69 bits per heavy atom. The van der Waals surface area contributed by atoms with Crippen LogP contribution in [0.15, 0.2) is 43.0 Å². The number of ether oxygens (including phenoxy) is 1. The van der Waals surface area contributed by atoms with Crippen LogP contribution in [-0.4, -0.2) is 65.9 Å². The van der Waals surface area contributed by atoms with Gasteiger partial charge in [0, 0.05) is 6.42 Å². The van der Waals surface area contributed by atoms with Gasteiger partial charge in [0.25, 0.3) is 0 Å². The van der Waals surface area contributed by atoms with Crippen molar-refractivity contribution in [2.75, 3.05) is 13.1 Å². The highest BCUT2D eigenvalue weighted by Gasteiger charge is 2.37. The molecule has 0 unspecified atom stereocenters. The van der Waals surface area contributed by atoms with Crippen LogP contribution in [0.4, 0.5) is 9.18 Å². The van der Waals surface area contributed by atoms with E-state index in [1.54, 1.807) is 30.3 Å². The summed E-state index contributed by atoms with van der Waals surface area (Å²) in [5.41, 5.74) is 0.769. The predicted molar refractivity (Wildman–Crippen MR) is 90.3 cm³/mol. The molecule has 1 aliphatic rings. The summed E-state index contributed by atoms with van der Waals surface area (Å²) in [4.78, 5) is 24.7. The average Bonchev–Trinajstić information content (AvgIpc) is 2.95. The molecular formula is C16H20BFN2O6. The van der Waals surface area contributed by atoms with E-state index >= 15 is 0 Å². The quantitative estimate of drug-likeness (QED) is 0.356. The Morgan fingerprint density at radius 1 is 1.38 bits per heavy atom. The third kappa shape index (κ3) is 5.83. The number of carbonyl (C=O) groups excluding carboxylic acids is 2. The second-order valence-electron chi connectivity index (χ2n) is 5.69. The first-order valence-electron chi connectivity index (χ1n) is 7.97. The Balaban J connectivity index is 1.92. The average molecular weight is 366 g/mol. The van der Waals surface area contributed by atoms with E-state index < -0.39 is 37.8 Å². The van der Waals surface area contributed by atoms with E-state index in [4.69, 9.17) is 19.4 Å². The van der Waals surface area contributed by atoms with Crippen LogP contribution in [0.25, 0.3) is 0 Å². The molecule has 3 atom stereocenters. The number of rotatable bonds is 7. The molecule has 1 aliphatic heterocycles. The molecule has 0 aliphatic carbocycles. The van der Waals surface area contributed by atoms with Crippen molar-refractivity contribution in [2.24, 2.45) is 0 Å². The van der Waals surface area contributed by atoms with Gasteiger partial charge in [0.1, 0.15) is 6.23 Å². The Labute approximate surface area is 150 Å². The zero-order valence-corrected chi connectivity index (χ0v) is 14.0. The highest BCUT2D eigenvalue weighted by Crippen LogP contribution is 2.17. The lowest BCUT2D eigenvalue weighted by atomic mass is 10.1. The standard InChI is InChI=1S/C16H20BFN2O6/c1-2-15(21)20-9-12(18)13(10-20)25-16(22)19-14(26-17(23)24)8-11-6-4-3-5-7-11/h2-7,12-14,23-24H,1,8-10H2,(H,19,22)/t12-,13+,14+/m0/s1. The van der Waals surface area contributed by atoms with Gasteiger partial charge in [-0.3, -0.25) is 10.1 Å². The molecule has 0 aromatic heterocycles. The van der Waals surface area contributed by atoms with Gasteiger partial charge in [0.2, 0.25) is 5.91 Å². The summed E-state index contributed by atoms with van der Waals surface area (Å²) < 4.78 is 23.8. The van der Waals surface area contributed by atoms with Crippen LogP contribution in [-0.2, 0) is 20.6 Å². The lowest BCUT2D eigenvalue weighted by Crippen LogP contribution is -2.44. The Morgan fingerprint density at radius 2 is 2.08 bits per heavy atom. The van der Waals surface area contributed by atoms with Gasteiger partial charge in [-0.15, -0.1) is 0 Å². The number of halogens is 1. The van der Waals surface area contributed by atoms with Crippen molar-refractivity contribution < 1.29 is 33.4 Å². The number of benzene rings is 1. The summed E-state index contributed by atoms with van der Waals surface area (Å²) >= 11 is 0. The molecule has 0 radical (unpaired) electrons. The highest BCUT2D eigenvalue weighted by molar-refractivity contribution is 6.32. The van der Waals surface area contributed by atoms with E-state index in [0.29, 0.717) is 0 Å². The molecule has 0 saturated carbocycles. The molecule has 0 bridgehead atoms. The van der Waals surface area contributed by atoms with E-state index in [9.17, 15) is 14.0 Å². The van der Waals surface area contributed by atoms with E-state index in [1.807, 2.05) is 0 Å². The minimum absolute atomic E-state index is 0.0910. The van der Waals surface area contributed by atoms with Crippen molar-refractivity contribution in [2.45, 2.75) is 24.9 Å². The van der Waals surface area contributed by atoms with Crippen molar-refractivity contribution in [3.8, 4) is 0 Å². The van der Waals surface area contributed by atoms with Gasteiger partial charge in [-0.05, 0) is 11.6 Å². The zero-order valence-electron chi connectivity index (χ0n) is 14.0. The lowest BCUT2D eigenvalue weighted by Gasteiger charge is -2.21. The van der Waals surface area contributed by atoms with Gasteiger partial charge in [-0.25, -0.2) is 9.18 Å². The SMILES string of the molecule is C=CC(=O)N1C[C@H](F)[C@H](OC(=O)N[C@@H](Cc2ccccc2)OB(O)O)C1. The number of hydrogen-bond donors (Lipinski definition) is 3. The maximum absolute atomic E-state index is 13.9. The maximum atomic E-state index is 13.9. The van der Waals surface area contributed by atoms with Crippen LogP contribution in [0.5, 0.6) is 0 Å². The third-order valence-corrected chi connectivity index (χ3v) is 3.77. The van der Waals surface area contributed by atoms with Crippen molar-refractivity contribution in [3.05, 3.63) is 48.6 Å². The first-order chi connectivity index (χ1) is 12.4.